The van der Waals surface area contributed by atoms with Crippen molar-refractivity contribution >= 4 is 15.9 Å². The molecule has 0 bridgehead atoms. The van der Waals surface area contributed by atoms with Gasteiger partial charge < -0.3 is 14.8 Å². The van der Waals surface area contributed by atoms with Crippen molar-refractivity contribution in [2.75, 3.05) is 26.3 Å². The minimum atomic E-state index is -3.86. The van der Waals surface area contributed by atoms with Gasteiger partial charge in [0.15, 0.2) is 11.5 Å². The van der Waals surface area contributed by atoms with E-state index in [0.717, 1.165) is 17.7 Å². The molecule has 1 saturated heterocycles. The monoisotopic (exact) mass is 434 g/mol. The van der Waals surface area contributed by atoms with Gasteiger partial charge in [0, 0.05) is 13.1 Å². The number of fused-ring (bicyclic) bond motifs is 1. The number of sulfonamides is 1. The Morgan fingerprint density at radius 3 is 2.60 bits per heavy atom. The lowest BCUT2D eigenvalue weighted by Gasteiger charge is -2.23. The number of hydrogen-bond donors (Lipinski definition) is 1. The fourth-order valence-electron chi connectivity index (χ4n) is 3.72. The summed E-state index contributed by atoms with van der Waals surface area (Å²) in [6.45, 7) is 1.67. The Morgan fingerprint density at radius 2 is 1.83 bits per heavy atom. The third-order valence-corrected chi connectivity index (χ3v) is 7.17. The van der Waals surface area contributed by atoms with E-state index < -0.39 is 21.9 Å². The number of benzene rings is 2. The van der Waals surface area contributed by atoms with Gasteiger partial charge in [0.1, 0.15) is 25.1 Å². The first-order chi connectivity index (χ1) is 14.4. The molecule has 1 N–H and O–H groups in total. The van der Waals surface area contributed by atoms with Crippen molar-refractivity contribution in [3.05, 3.63) is 53.8 Å². The third kappa shape index (κ3) is 4.27. The van der Waals surface area contributed by atoms with Crippen LogP contribution in [0.3, 0.4) is 0 Å². The zero-order valence-electron chi connectivity index (χ0n) is 16.3. The maximum absolute atomic E-state index is 13.1. The molecule has 0 radical (unpaired) electrons. The van der Waals surface area contributed by atoms with Crippen LogP contribution in [0.2, 0.25) is 0 Å². The molecule has 9 heteroatoms. The Balaban J connectivity index is 1.37. The zero-order chi connectivity index (χ0) is 21.1. The van der Waals surface area contributed by atoms with Crippen LogP contribution in [0.15, 0.2) is 47.4 Å². The highest BCUT2D eigenvalue weighted by Crippen LogP contribution is 2.31. The van der Waals surface area contributed by atoms with Gasteiger partial charge in [0.25, 0.3) is 0 Å². The number of carbonyl (C=O) groups is 1. The van der Waals surface area contributed by atoms with Gasteiger partial charge in [0.2, 0.25) is 15.9 Å². The topological polar surface area (TPSA) is 84.9 Å². The molecule has 1 fully saturated rings. The predicted molar refractivity (Wildman–Crippen MR) is 107 cm³/mol. The fourth-order valence-corrected chi connectivity index (χ4v) is 5.38. The molecule has 2 aromatic carbocycles. The van der Waals surface area contributed by atoms with Gasteiger partial charge in [-0.15, -0.1) is 0 Å². The van der Waals surface area contributed by atoms with Gasteiger partial charge in [-0.1, -0.05) is 6.07 Å². The van der Waals surface area contributed by atoms with Gasteiger partial charge in [-0.05, 0) is 61.2 Å². The second-order valence-electron chi connectivity index (χ2n) is 7.25. The molecular formula is C21H23FN2O5S. The van der Waals surface area contributed by atoms with Crippen LogP contribution in [-0.2, 0) is 21.2 Å². The largest absolute Gasteiger partial charge is 0.486 e. The normalized spacial score (nSPS) is 18.9. The van der Waals surface area contributed by atoms with E-state index >= 15 is 0 Å². The molecule has 0 aliphatic carbocycles. The van der Waals surface area contributed by atoms with Crippen LogP contribution in [0.1, 0.15) is 18.4 Å². The van der Waals surface area contributed by atoms with E-state index in [9.17, 15) is 17.6 Å². The molecule has 1 amide bonds. The van der Waals surface area contributed by atoms with E-state index in [-0.39, 0.29) is 17.3 Å². The molecule has 30 heavy (non-hydrogen) atoms. The summed E-state index contributed by atoms with van der Waals surface area (Å²) in [7, 11) is -3.86. The molecular weight excluding hydrogens is 411 g/mol. The van der Waals surface area contributed by atoms with Crippen molar-refractivity contribution in [1.29, 1.82) is 0 Å². The Labute approximate surface area is 174 Å². The minimum Gasteiger partial charge on any atom is -0.486 e. The summed E-state index contributed by atoms with van der Waals surface area (Å²) >= 11 is 0. The van der Waals surface area contributed by atoms with Crippen LogP contribution < -0.4 is 14.8 Å². The molecule has 0 spiro atoms. The van der Waals surface area contributed by atoms with E-state index in [1.165, 1.54) is 16.4 Å². The lowest BCUT2D eigenvalue weighted by molar-refractivity contribution is -0.124. The Kier molecular flexibility index (Phi) is 5.92. The first-order valence-corrected chi connectivity index (χ1v) is 11.3. The van der Waals surface area contributed by atoms with Crippen LogP contribution >= 0.6 is 0 Å². The lowest BCUT2D eigenvalue weighted by Crippen LogP contribution is -2.46. The van der Waals surface area contributed by atoms with Crippen molar-refractivity contribution in [2.45, 2.75) is 30.2 Å². The zero-order valence-corrected chi connectivity index (χ0v) is 17.2. The molecule has 0 aromatic heterocycles. The maximum atomic E-state index is 13.1. The molecule has 160 valence electrons. The third-order valence-electron chi connectivity index (χ3n) is 5.25. The maximum Gasteiger partial charge on any atom is 0.243 e. The molecule has 1 atom stereocenters. The van der Waals surface area contributed by atoms with Crippen LogP contribution in [-0.4, -0.2) is 51.0 Å². The first kappa shape index (κ1) is 20.6. The van der Waals surface area contributed by atoms with E-state index in [1.54, 1.807) is 0 Å². The number of hydrogen-bond acceptors (Lipinski definition) is 5. The highest BCUT2D eigenvalue weighted by molar-refractivity contribution is 7.89. The summed E-state index contributed by atoms with van der Waals surface area (Å²) in [6, 6.07) is 9.54. The molecule has 2 aromatic rings. The summed E-state index contributed by atoms with van der Waals surface area (Å²) in [5.41, 5.74) is 0.988. The van der Waals surface area contributed by atoms with Crippen molar-refractivity contribution in [3.8, 4) is 11.5 Å². The average Bonchev–Trinajstić information content (AvgIpc) is 3.25. The second kappa shape index (κ2) is 8.61. The smallest absolute Gasteiger partial charge is 0.243 e. The van der Waals surface area contributed by atoms with Gasteiger partial charge >= 0.3 is 0 Å². The Bertz CT molecular complexity index is 1030. The van der Waals surface area contributed by atoms with Crippen molar-refractivity contribution in [1.82, 2.24) is 9.62 Å². The Morgan fingerprint density at radius 1 is 1.10 bits per heavy atom. The molecule has 2 heterocycles. The number of carbonyl (C=O) groups excluding carboxylic acids is 1. The van der Waals surface area contributed by atoms with E-state index in [2.05, 4.69) is 5.32 Å². The quantitative estimate of drug-likeness (QED) is 0.753. The first-order valence-electron chi connectivity index (χ1n) is 9.89. The fraction of sp³-hybridized carbons (Fsp3) is 0.381. The van der Waals surface area contributed by atoms with Crippen LogP contribution in [0.4, 0.5) is 4.39 Å². The highest BCUT2D eigenvalue weighted by Gasteiger charge is 2.39. The summed E-state index contributed by atoms with van der Waals surface area (Å²) in [4.78, 5) is 12.7. The van der Waals surface area contributed by atoms with Gasteiger partial charge in [-0.2, -0.15) is 4.31 Å². The van der Waals surface area contributed by atoms with E-state index in [1.807, 2.05) is 18.2 Å². The van der Waals surface area contributed by atoms with E-state index in [4.69, 9.17) is 9.47 Å². The Hall–Kier alpha value is -2.65. The molecule has 0 saturated carbocycles. The second-order valence-corrected chi connectivity index (χ2v) is 9.14. The van der Waals surface area contributed by atoms with Gasteiger partial charge in [-0.3, -0.25) is 4.79 Å². The number of rotatable bonds is 6. The van der Waals surface area contributed by atoms with Crippen molar-refractivity contribution < 1.29 is 27.1 Å². The summed E-state index contributed by atoms with van der Waals surface area (Å²) in [5.74, 6) is 0.568. The number of amides is 1. The summed E-state index contributed by atoms with van der Waals surface area (Å²) in [5, 5.41) is 2.84. The van der Waals surface area contributed by atoms with Gasteiger partial charge in [0.05, 0.1) is 4.90 Å². The standard InChI is InChI=1S/C21H23FN2O5S/c22-16-4-6-17(7-5-16)30(26,27)24-11-1-2-18(24)21(25)23-10-9-15-3-8-19-20(14-15)29-13-12-28-19/h3-8,14,18H,1-2,9-13H2,(H,23,25)/t18-/m0/s1. The lowest BCUT2D eigenvalue weighted by atomic mass is 10.1. The number of halogens is 1. The number of nitrogens with zero attached hydrogens (tertiary/aromatic N) is 1. The minimum absolute atomic E-state index is 0.0140. The SMILES string of the molecule is O=C(NCCc1ccc2c(c1)OCCO2)[C@@H]1CCCN1S(=O)(=O)c1ccc(F)cc1. The molecule has 2 aliphatic heterocycles. The average molecular weight is 434 g/mol. The molecule has 7 nitrogen and oxygen atoms in total. The highest BCUT2D eigenvalue weighted by atomic mass is 32.2. The van der Waals surface area contributed by atoms with Crippen LogP contribution in [0.25, 0.3) is 0 Å². The molecule has 2 aliphatic rings. The number of nitrogens with one attached hydrogen (secondary N) is 1. The summed E-state index contributed by atoms with van der Waals surface area (Å²) < 4.78 is 51.2. The molecule has 0 unspecified atom stereocenters. The van der Waals surface area contributed by atoms with Crippen LogP contribution in [0, 0.1) is 5.82 Å². The van der Waals surface area contributed by atoms with Crippen molar-refractivity contribution in [2.24, 2.45) is 0 Å². The summed E-state index contributed by atoms with van der Waals surface area (Å²) in [6.07, 6.45) is 1.64. The van der Waals surface area contributed by atoms with Crippen molar-refractivity contribution in [3.63, 3.8) is 0 Å². The number of ether oxygens (including phenoxy) is 2. The van der Waals surface area contributed by atoms with Crippen LogP contribution in [0.5, 0.6) is 11.5 Å². The predicted octanol–water partition coefficient (Wildman–Crippen LogP) is 2.11. The molecule has 4 rings (SSSR count). The van der Waals surface area contributed by atoms with Gasteiger partial charge in [-0.25, -0.2) is 12.8 Å². The van der Waals surface area contributed by atoms with E-state index in [0.29, 0.717) is 50.5 Å².